The summed E-state index contributed by atoms with van der Waals surface area (Å²) in [6, 6.07) is 0.00764. The van der Waals surface area contributed by atoms with Gasteiger partial charge in [-0.15, -0.1) is 0 Å². The molecule has 0 aromatic carbocycles. The molecular weight excluding hydrogens is 250 g/mol. The molecule has 1 saturated heterocycles. The SMILES string of the molecule is CC(C)C(C)N(C)S(=O)(=O)N1CCCC(CN)C1. The molecule has 0 spiro atoms. The van der Waals surface area contributed by atoms with Gasteiger partial charge in [0.1, 0.15) is 0 Å². The third kappa shape index (κ3) is 3.44. The molecule has 0 aromatic rings. The summed E-state index contributed by atoms with van der Waals surface area (Å²) in [5.41, 5.74) is 5.66. The van der Waals surface area contributed by atoms with Gasteiger partial charge >= 0.3 is 0 Å². The summed E-state index contributed by atoms with van der Waals surface area (Å²) >= 11 is 0. The molecular formula is C12H27N3O2S. The normalized spacial score (nSPS) is 24.7. The van der Waals surface area contributed by atoms with E-state index in [4.69, 9.17) is 5.73 Å². The molecule has 0 saturated carbocycles. The molecule has 1 aliphatic rings. The van der Waals surface area contributed by atoms with E-state index in [1.54, 1.807) is 11.4 Å². The maximum absolute atomic E-state index is 12.5. The van der Waals surface area contributed by atoms with Crippen LogP contribution in [0.3, 0.4) is 0 Å². The van der Waals surface area contributed by atoms with Gasteiger partial charge in [-0.3, -0.25) is 0 Å². The average molecular weight is 277 g/mol. The van der Waals surface area contributed by atoms with Crippen LogP contribution in [-0.4, -0.2) is 49.8 Å². The molecule has 1 heterocycles. The molecule has 1 aliphatic heterocycles. The Morgan fingerprint density at radius 1 is 1.39 bits per heavy atom. The smallest absolute Gasteiger partial charge is 0.281 e. The molecule has 1 fully saturated rings. The fraction of sp³-hybridized carbons (Fsp3) is 1.00. The van der Waals surface area contributed by atoms with E-state index in [0.29, 0.717) is 31.5 Å². The van der Waals surface area contributed by atoms with Crippen molar-refractivity contribution < 1.29 is 8.42 Å². The van der Waals surface area contributed by atoms with Crippen molar-refractivity contribution in [3.63, 3.8) is 0 Å². The molecule has 0 aliphatic carbocycles. The maximum atomic E-state index is 12.5. The lowest BCUT2D eigenvalue weighted by atomic mass is 10.0. The van der Waals surface area contributed by atoms with Gasteiger partial charge < -0.3 is 5.73 Å². The highest BCUT2D eigenvalue weighted by molar-refractivity contribution is 7.86. The predicted octanol–water partition coefficient (Wildman–Crippen LogP) is 0.878. The molecule has 108 valence electrons. The Hall–Kier alpha value is -0.170. The summed E-state index contributed by atoms with van der Waals surface area (Å²) in [5.74, 6) is 0.608. The van der Waals surface area contributed by atoms with Gasteiger partial charge in [0.05, 0.1) is 0 Å². The van der Waals surface area contributed by atoms with Crippen LogP contribution in [0, 0.1) is 11.8 Å². The summed E-state index contributed by atoms with van der Waals surface area (Å²) in [6.07, 6.45) is 1.94. The average Bonchev–Trinajstić information content (AvgIpc) is 2.36. The van der Waals surface area contributed by atoms with Crippen LogP contribution in [0.15, 0.2) is 0 Å². The molecule has 2 N–H and O–H groups in total. The van der Waals surface area contributed by atoms with Gasteiger partial charge in [0.2, 0.25) is 0 Å². The third-order valence-electron chi connectivity index (χ3n) is 4.04. The van der Waals surface area contributed by atoms with Gasteiger partial charge in [-0.05, 0) is 38.1 Å². The first-order valence-electron chi connectivity index (χ1n) is 6.73. The topological polar surface area (TPSA) is 66.6 Å². The second-order valence-corrected chi connectivity index (χ2v) is 7.60. The highest BCUT2D eigenvalue weighted by Crippen LogP contribution is 2.22. The molecule has 2 unspecified atom stereocenters. The minimum absolute atomic E-state index is 0.00764. The highest BCUT2D eigenvalue weighted by Gasteiger charge is 2.34. The van der Waals surface area contributed by atoms with E-state index in [1.165, 1.54) is 4.31 Å². The summed E-state index contributed by atoms with van der Waals surface area (Å²) in [4.78, 5) is 0. The van der Waals surface area contributed by atoms with Crippen molar-refractivity contribution in [2.75, 3.05) is 26.7 Å². The van der Waals surface area contributed by atoms with Crippen molar-refractivity contribution in [2.45, 2.75) is 39.7 Å². The van der Waals surface area contributed by atoms with E-state index in [1.807, 2.05) is 20.8 Å². The van der Waals surface area contributed by atoms with Crippen LogP contribution in [0.2, 0.25) is 0 Å². The molecule has 18 heavy (non-hydrogen) atoms. The van der Waals surface area contributed by atoms with Gasteiger partial charge in [-0.2, -0.15) is 17.0 Å². The Balaban J connectivity index is 2.79. The van der Waals surface area contributed by atoms with Crippen LogP contribution in [0.5, 0.6) is 0 Å². The van der Waals surface area contributed by atoms with Crippen molar-refractivity contribution in [3.8, 4) is 0 Å². The van der Waals surface area contributed by atoms with E-state index in [2.05, 4.69) is 0 Å². The summed E-state index contributed by atoms with van der Waals surface area (Å²) in [7, 11) is -1.67. The summed E-state index contributed by atoms with van der Waals surface area (Å²) in [6.45, 7) is 7.77. The molecule has 2 atom stereocenters. The monoisotopic (exact) mass is 277 g/mol. The Morgan fingerprint density at radius 3 is 2.50 bits per heavy atom. The van der Waals surface area contributed by atoms with Crippen LogP contribution >= 0.6 is 0 Å². The van der Waals surface area contributed by atoms with Gasteiger partial charge in [0, 0.05) is 26.2 Å². The molecule has 6 heteroatoms. The zero-order chi connectivity index (χ0) is 13.9. The van der Waals surface area contributed by atoms with Gasteiger partial charge in [-0.1, -0.05) is 13.8 Å². The number of rotatable bonds is 5. The molecule has 1 rings (SSSR count). The Morgan fingerprint density at radius 2 is 2.00 bits per heavy atom. The molecule has 0 aromatic heterocycles. The van der Waals surface area contributed by atoms with Crippen LogP contribution in [0.1, 0.15) is 33.6 Å². The minimum Gasteiger partial charge on any atom is -0.330 e. The fourth-order valence-electron chi connectivity index (χ4n) is 2.24. The first-order valence-corrected chi connectivity index (χ1v) is 8.13. The van der Waals surface area contributed by atoms with Crippen molar-refractivity contribution >= 4 is 10.2 Å². The van der Waals surface area contributed by atoms with Crippen molar-refractivity contribution in [3.05, 3.63) is 0 Å². The van der Waals surface area contributed by atoms with Crippen LogP contribution in [-0.2, 0) is 10.2 Å². The van der Waals surface area contributed by atoms with Crippen molar-refractivity contribution in [2.24, 2.45) is 17.6 Å². The Labute approximate surface area is 112 Å². The van der Waals surface area contributed by atoms with E-state index < -0.39 is 10.2 Å². The Kier molecular flexibility index (Phi) is 5.58. The first-order chi connectivity index (χ1) is 8.30. The van der Waals surface area contributed by atoms with Crippen molar-refractivity contribution in [1.29, 1.82) is 0 Å². The zero-order valence-electron chi connectivity index (χ0n) is 12.0. The summed E-state index contributed by atoms with van der Waals surface area (Å²) in [5, 5.41) is 0. The number of nitrogens with zero attached hydrogens (tertiary/aromatic N) is 2. The summed E-state index contributed by atoms with van der Waals surface area (Å²) < 4.78 is 28.1. The van der Waals surface area contributed by atoms with E-state index in [-0.39, 0.29) is 6.04 Å². The molecule has 5 nitrogen and oxygen atoms in total. The number of hydrogen-bond donors (Lipinski definition) is 1. The van der Waals surface area contributed by atoms with Crippen LogP contribution in [0.4, 0.5) is 0 Å². The molecule has 0 amide bonds. The number of piperidine rings is 1. The number of hydrogen-bond acceptors (Lipinski definition) is 3. The van der Waals surface area contributed by atoms with Gasteiger partial charge in [-0.25, -0.2) is 0 Å². The lowest BCUT2D eigenvalue weighted by molar-refractivity contribution is 0.235. The quantitative estimate of drug-likeness (QED) is 0.811. The zero-order valence-corrected chi connectivity index (χ0v) is 12.8. The lowest BCUT2D eigenvalue weighted by Crippen LogP contribution is -2.51. The minimum atomic E-state index is -3.34. The van der Waals surface area contributed by atoms with Crippen molar-refractivity contribution in [1.82, 2.24) is 8.61 Å². The number of nitrogens with two attached hydrogens (primary N) is 1. The highest BCUT2D eigenvalue weighted by atomic mass is 32.2. The van der Waals surface area contributed by atoms with Gasteiger partial charge in [0.25, 0.3) is 10.2 Å². The molecule has 0 radical (unpaired) electrons. The lowest BCUT2D eigenvalue weighted by Gasteiger charge is -2.36. The standard InChI is InChI=1S/C12H27N3O2S/c1-10(2)11(3)14(4)18(16,17)15-7-5-6-12(8-13)9-15/h10-12H,5-9,13H2,1-4H3. The van der Waals surface area contributed by atoms with Gasteiger partial charge in [0.15, 0.2) is 0 Å². The second kappa shape index (κ2) is 6.32. The maximum Gasteiger partial charge on any atom is 0.281 e. The second-order valence-electron chi connectivity index (χ2n) is 5.61. The van der Waals surface area contributed by atoms with E-state index in [9.17, 15) is 8.42 Å². The third-order valence-corrected chi connectivity index (χ3v) is 6.09. The Bertz CT molecular complexity index is 356. The largest absolute Gasteiger partial charge is 0.330 e. The predicted molar refractivity (Wildman–Crippen MR) is 74.3 cm³/mol. The van der Waals surface area contributed by atoms with E-state index >= 15 is 0 Å². The fourth-order valence-corrected chi connectivity index (χ4v) is 4.03. The van der Waals surface area contributed by atoms with Crippen LogP contribution < -0.4 is 5.73 Å². The van der Waals surface area contributed by atoms with E-state index in [0.717, 1.165) is 12.8 Å². The molecule has 0 bridgehead atoms. The van der Waals surface area contributed by atoms with Crippen LogP contribution in [0.25, 0.3) is 0 Å². The first kappa shape index (κ1) is 15.9.